The number of aromatic amines is 1. The van der Waals surface area contributed by atoms with Gasteiger partial charge in [-0.15, -0.1) is 0 Å². The Morgan fingerprint density at radius 3 is 2.53 bits per heavy atom. The average molecular weight is 459 g/mol. The molecular formula is C27H30N4O3. The Labute approximate surface area is 199 Å². The Hall–Kier alpha value is -3.58. The summed E-state index contributed by atoms with van der Waals surface area (Å²) in [5, 5.41) is 7.04. The standard InChI is InChI=1S/C27H30N4O3/c1-2-34-26(32)24-23(29-27(33)30-25(24)19-8-4-3-5-9-19)17-31-14-12-18(13-15-31)22-16-20-10-6-7-11-21(20)28-22/h3-11,16,18,25,28H,2,12-15,17H2,1H3,(H2,29,30,33). The fraction of sp³-hybridized carbons (Fsp3) is 0.333. The van der Waals surface area contributed by atoms with E-state index in [2.05, 4.69) is 50.8 Å². The highest BCUT2D eigenvalue weighted by molar-refractivity contribution is 5.95. The third-order valence-electron chi connectivity index (χ3n) is 6.74. The van der Waals surface area contributed by atoms with Crippen LogP contribution >= 0.6 is 0 Å². The summed E-state index contributed by atoms with van der Waals surface area (Å²) in [6.45, 7) is 4.35. The van der Waals surface area contributed by atoms with E-state index in [1.54, 1.807) is 6.92 Å². The predicted molar refractivity (Wildman–Crippen MR) is 131 cm³/mol. The lowest BCUT2D eigenvalue weighted by Gasteiger charge is -2.35. The minimum Gasteiger partial charge on any atom is -0.463 e. The van der Waals surface area contributed by atoms with Crippen molar-refractivity contribution in [3.05, 3.63) is 83.2 Å². The van der Waals surface area contributed by atoms with E-state index >= 15 is 0 Å². The number of fused-ring (bicyclic) bond motifs is 1. The first kappa shape index (κ1) is 22.2. The molecule has 2 amide bonds. The molecule has 3 aromatic rings. The van der Waals surface area contributed by atoms with Crippen molar-refractivity contribution in [2.24, 2.45) is 0 Å². The number of nitrogens with one attached hydrogen (secondary N) is 3. The number of likely N-dealkylation sites (tertiary alicyclic amines) is 1. The number of ether oxygens (including phenoxy) is 1. The number of carbonyl (C=O) groups is 2. The highest BCUT2D eigenvalue weighted by Crippen LogP contribution is 2.32. The van der Waals surface area contributed by atoms with E-state index in [9.17, 15) is 9.59 Å². The number of piperidine rings is 1. The first-order chi connectivity index (χ1) is 16.6. The summed E-state index contributed by atoms with van der Waals surface area (Å²) < 4.78 is 5.38. The molecule has 1 saturated heterocycles. The number of carbonyl (C=O) groups excluding carboxylic acids is 2. The molecular weight excluding hydrogens is 428 g/mol. The first-order valence-electron chi connectivity index (χ1n) is 11.9. The van der Waals surface area contributed by atoms with E-state index in [-0.39, 0.29) is 12.6 Å². The van der Waals surface area contributed by atoms with Gasteiger partial charge in [0, 0.05) is 29.4 Å². The second kappa shape index (κ2) is 9.73. The van der Waals surface area contributed by atoms with Gasteiger partial charge in [-0.25, -0.2) is 9.59 Å². The van der Waals surface area contributed by atoms with Crippen LogP contribution in [0.1, 0.15) is 43.0 Å². The first-order valence-corrected chi connectivity index (χ1v) is 11.9. The third kappa shape index (κ3) is 4.56. The van der Waals surface area contributed by atoms with E-state index < -0.39 is 12.0 Å². The summed E-state index contributed by atoms with van der Waals surface area (Å²) in [7, 11) is 0. The summed E-state index contributed by atoms with van der Waals surface area (Å²) in [6, 6.07) is 19.3. The number of esters is 1. The van der Waals surface area contributed by atoms with Crippen LogP contribution in [-0.4, -0.2) is 48.1 Å². The highest BCUT2D eigenvalue weighted by atomic mass is 16.5. The van der Waals surface area contributed by atoms with Crippen LogP contribution in [0.4, 0.5) is 4.79 Å². The number of aromatic nitrogens is 1. The lowest BCUT2D eigenvalue weighted by Crippen LogP contribution is -2.49. The minimum absolute atomic E-state index is 0.279. The fourth-order valence-corrected chi connectivity index (χ4v) is 5.03. The second-order valence-electron chi connectivity index (χ2n) is 8.92. The van der Waals surface area contributed by atoms with Crippen LogP contribution in [0.3, 0.4) is 0 Å². The Kier molecular flexibility index (Phi) is 6.36. The Morgan fingerprint density at radius 2 is 1.79 bits per heavy atom. The van der Waals surface area contributed by atoms with Crippen LogP contribution in [0.2, 0.25) is 0 Å². The maximum atomic E-state index is 13.0. The molecule has 7 nitrogen and oxygen atoms in total. The van der Waals surface area contributed by atoms with Crippen molar-refractivity contribution < 1.29 is 14.3 Å². The van der Waals surface area contributed by atoms with Crippen molar-refractivity contribution in [2.75, 3.05) is 26.2 Å². The Balaban J connectivity index is 1.34. The van der Waals surface area contributed by atoms with Gasteiger partial charge in [0.15, 0.2) is 0 Å². The molecule has 0 spiro atoms. The summed E-state index contributed by atoms with van der Waals surface area (Å²) >= 11 is 0. The molecule has 1 unspecified atom stereocenters. The molecule has 0 saturated carbocycles. The van der Waals surface area contributed by atoms with Crippen LogP contribution in [0.5, 0.6) is 0 Å². The van der Waals surface area contributed by atoms with E-state index in [0.29, 0.717) is 23.7 Å². The summed E-state index contributed by atoms with van der Waals surface area (Å²) in [5.41, 5.74) is 4.42. The van der Waals surface area contributed by atoms with Gasteiger partial charge in [0.25, 0.3) is 0 Å². The third-order valence-corrected chi connectivity index (χ3v) is 6.74. The number of rotatable bonds is 6. The fourth-order valence-electron chi connectivity index (χ4n) is 5.03. The van der Waals surface area contributed by atoms with Gasteiger partial charge in [-0.3, -0.25) is 4.90 Å². The van der Waals surface area contributed by atoms with Crippen LogP contribution in [0.15, 0.2) is 71.9 Å². The van der Waals surface area contributed by atoms with Gasteiger partial charge in [0.1, 0.15) is 0 Å². The molecule has 5 rings (SSSR count). The molecule has 34 heavy (non-hydrogen) atoms. The molecule has 1 aromatic heterocycles. The molecule has 2 aliphatic rings. The summed E-state index contributed by atoms with van der Waals surface area (Å²) in [4.78, 5) is 31.4. The van der Waals surface area contributed by atoms with Crippen LogP contribution < -0.4 is 10.6 Å². The number of hydrogen-bond donors (Lipinski definition) is 3. The second-order valence-corrected chi connectivity index (χ2v) is 8.92. The summed E-state index contributed by atoms with van der Waals surface area (Å²) in [5.74, 6) is 0.0775. The zero-order valence-corrected chi connectivity index (χ0v) is 19.3. The van der Waals surface area contributed by atoms with Gasteiger partial charge in [0.05, 0.1) is 18.2 Å². The van der Waals surface area contributed by atoms with E-state index in [1.165, 1.54) is 16.6 Å². The number of urea groups is 1. The van der Waals surface area contributed by atoms with Crippen molar-refractivity contribution in [2.45, 2.75) is 31.7 Å². The Morgan fingerprint density at radius 1 is 1.06 bits per heavy atom. The normalized spacial score (nSPS) is 19.7. The molecule has 7 heteroatoms. The zero-order chi connectivity index (χ0) is 23.5. The maximum Gasteiger partial charge on any atom is 0.338 e. The van der Waals surface area contributed by atoms with Gasteiger partial charge in [-0.2, -0.15) is 0 Å². The predicted octanol–water partition coefficient (Wildman–Crippen LogP) is 4.22. The molecule has 3 N–H and O–H groups in total. The minimum atomic E-state index is -0.534. The topological polar surface area (TPSA) is 86.5 Å². The number of amides is 2. The van der Waals surface area contributed by atoms with Gasteiger partial charge in [0.2, 0.25) is 0 Å². The van der Waals surface area contributed by atoms with Crippen molar-refractivity contribution >= 4 is 22.9 Å². The van der Waals surface area contributed by atoms with Gasteiger partial charge in [-0.05, 0) is 55.9 Å². The number of H-pyrrole nitrogens is 1. The molecule has 0 aliphatic carbocycles. The van der Waals surface area contributed by atoms with Crippen LogP contribution in [-0.2, 0) is 9.53 Å². The molecule has 176 valence electrons. The van der Waals surface area contributed by atoms with Gasteiger partial charge in [-0.1, -0.05) is 48.5 Å². The van der Waals surface area contributed by atoms with Crippen LogP contribution in [0, 0.1) is 0 Å². The maximum absolute atomic E-state index is 13.0. The van der Waals surface area contributed by atoms with Crippen molar-refractivity contribution in [1.82, 2.24) is 20.5 Å². The SMILES string of the molecule is CCOC(=O)C1=C(CN2CCC(c3cc4ccccc4[nH]3)CC2)NC(=O)NC1c1ccccc1. The van der Waals surface area contributed by atoms with Crippen molar-refractivity contribution in [3.8, 4) is 0 Å². The molecule has 2 aliphatic heterocycles. The summed E-state index contributed by atoms with van der Waals surface area (Å²) in [6.07, 6.45) is 2.03. The Bertz CT molecular complexity index is 1180. The smallest absolute Gasteiger partial charge is 0.338 e. The van der Waals surface area contributed by atoms with E-state index in [4.69, 9.17) is 4.74 Å². The number of benzene rings is 2. The van der Waals surface area contributed by atoms with Gasteiger partial charge < -0.3 is 20.4 Å². The van der Waals surface area contributed by atoms with Crippen molar-refractivity contribution in [1.29, 1.82) is 0 Å². The number of para-hydroxylation sites is 1. The highest BCUT2D eigenvalue weighted by Gasteiger charge is 2.34. The monoisotopic (exact) mass is 458 g/mol. The van der Waals surface area contributed by atoms with Gasteiger partial charge >= 0.3 is 12.0 Å². The molecule has 1 atom stereocenters. The largest absolute Gasteiger partial charge is 0.463 e. The lowest BCUT2D eigenvalue weighted by molar-refractivity contribution is -0.139. The molecule has 0 radical (unpaired) electrons. The van der Waals surface area contributed by atoms with E-state index in [1.807, 2.05) is 30.3 Å². The zero-order valence-electron chi connectivity index (χ0n) is 19.3. The average Bonchev–Trinajstić information content (AvgIpc) is 3.29. The molecule has 2 aromatic carbocycles. The molecule has 3 heterocycles. The molecule has 1 fully saturated rings. The number of hydrogen-bond acceptors (Lipinski definition) is 4. The van der Waals surface area contributed by atoms with Crippen LogP contribution in [0.25, 0.3) is 10.9 Å². The molecule has 0 bridgehead atoms. The quantitative estimate of drug-likeness (QED) is 0.483. The lowest BCUT2D eigenvalue weighted by atomic mass is 9.92. The van der Waals surface area contributed by atoms with E-state index in [0.717, 1.165) is 31.5 Å². The number of nitrogens with zero attached hydrogens (tertiary/aromatic N) is 1. The van der Waals surface area contributed by atoms with Crippen molar-refractivity contribution in [3.63, 3.8) is 0 Å².